The van der Waals surface area contributed by atoms with Gasteiger partial charge in [0.05, 0.1) is 16.9 Å². The maximum Gasteiger partial charge on any atom is 0.0891 e. The number of ether oxygens (including phenoxy) is 1. The van der Waals surface area contributed by atoms with Crippen LogP contribution in [0.2, 0.25) is 0 Å². The summed E-state index contributed by atoms with van der Waals surface area (Å²) < 4.78 is 6.18. The van der Waals surface area contributed by atoms with E-state index in [1.807, 2.05) is 24.4 Å². The number of hydrogen-bond donors (Lipinski definition) is 0. The molecule has 0 saturated carbocycles. The Balaban J connectivity index is 2.16. The number of aromatic nitrogens is 1. The maximum atomic E-state index is 6.18. The number of rotatable bonds is 1. The Bertz CT molecular complexity index is 614. The van der Waals surface area contributed by atoms with Crippen LogP contribution in [0.3, 0.4) is 0 Å². The van der Waals surface area contributed by atoms with E-state index in [4.69, 9.17) is 4.74 Å². The van der Waals surface area contributed by atoms with Gasteiger partial charge in [0.15, 0.2) is 0 Å². The predicted molar refractivity (Wildman–Crippen MR) is 76.8 cm³/mol. The summed E-state index contributed by atoms with van der Waals surface area (Å²) in [5.41, 5.74) is 4.22. The zero-order valence-corrected chi connectivity index (χ0v) is 11.9. The minimum absolute atomic E-state index is 0.221. The minimum Gasteiger partial charge on any atom is -0.360 e. The van der Waals surface area contributed by atoms with Crippen LogP contribution in [0.5, 0.6) is 0 Å². The molecule has 1 aliphatic heterocycles. The van der Waals surface area contributed by atoms with Crippen molar-refractivity contribution in [1.82, 2.24) is 4.98 Å². The fourth-order valence-corrected chi connectivity index (χ4v) is 3.01. The second-order valence-electron chi connectivity index (χ2n) is 6.10. The molecule has 0 amide bonds. The molecule has 3 rings (SSSR count). The Labute approximate surface area is 114 Å². The van der Waals surface area contributed by atoms with Gasteiger partial charge in [-0.3, -0.25) is 4.98 Å². The molecule has 98 valence electrons. The van der Waals surface area contributed by atoms with E-state index in [1.165, 1.54) is 11.1 Å². The van der Waals surface area contributed by atoms with Gasteiger partial charge in [0.1, 0.15) is 0 Å². The highest BCUT2D eigenvalue weighted by atomic mass is 16.5. The molecule has 2 heterocycles. The van der Waals surface area contributed by atoms with Crippen molar-refractivity contribution in [1.29, 1.82) is 0 Å². The maximum absolute atomic E-state index is 6.18. The van der Waals surface area contributed by atoms with Crippen molar-refractivity contribution < 1.29 is 4.74 Å². The predicted octanol–water partition coefficient (Wildman–Crippen LogP) is 4.25. The smallest absolute Gasteiger partial charge is 0.0891 e. The molecule has 0 unspecified atom stereocenters. The van der Waals surface area contributed by atoms with Gasteiger partial charge in [-0.2, -0.15) is 0 Å². The summed E-state index contributed by atoms with van der Waals surface area (Å²) in [6.07, 6.45) is 1.83. The lowest BCUT2D eigenvalue weighted by Gasteiger charge is -2.24. The van der Waals surface area contributed by atoms with Gasteiger partial charge in [0, 0.05) is 11.8 Å². The Hall–Kier alpha value is -1.67. The normalized spacial score (nSPS) is 19.2. The first-order valence-corrected chi connectivity index (χ1v) is 6.67. The van der Waals surface area contributed by atoms with Crippen LogP contribution in [0, 0.1) is 0 Å². The lowest BCUT2D eigenvalue weighted by atomic mass is 9.88. The summed E-state index contributed by atoms with van der Waals surface area (Å²) in [7, 11) is 0. The molecule has 0 bridgehead atoms. The second-order valence-corrected chi connectivity index (χ2v) is 6.10. The molecule has 0 N–H and O–H groups in total. The van der Waals surface area contributed by atoms with Gasteiger partial charge in [0.2, 0.25) is 0 Å². The van der Waals surface area contributed by atoms with E-state index in [1.54, 1.807) is 0 Å². The van der Waals surface area contributed by atoms with Gasteiger partial charge in [-0.15, -0.1) is 0 Å². The first kappa shape index (κ1) is 12.4. The van der Waals surface area contributed by atoms with Crippen molar-refractivity contribution in [2.24, 2.45) is 0 Å². The highest BCUT2D eigenvalue weighted by molar-refractivity contribution is 5.62. The molecular weight excluding hydrogens is 234 g/mol. The number of fused-ring (bicyclic) bond motifs is 1. The lowest BCUT2D eigenvalue weighted by Crippen LogP contribution is -2.22. The molecule has 19 heavy (non-hydrogen) atoms. The van der Waals surface area contributed by atoms with Crippen LogP contribution >= 0.6 is 0 Å². The largest absolute Gasteiger partial charge is 0.360 e. The molecular formula is C17H19NO. The quantitative estimate of drug-likeness (QED) is 0.758. The minimum atomic E-state index is -0.246. The molecule has 1 aromatic carbocycles. The van der Waals surface area contributed by atoms with E-state index in [2.05, 4.69) is 50.9 Å². The zero-order valence-electron chi connectivity index (χ0n) is 11.9. The van der Waals surface area contributed by atoms with Crippen LogP contribution in [0.15, 0.2) is 42.6 Å². The third-order valence-electron chi connectivity index (χ3n) is 3.79. The summed E-state index contributed by atoms with van der Waals surface area (Å²) in [5.74, 6) is 0. The van der Waals surface area contributed by atoms with Crippen molar-refractivity contribution in [3.8, 4) is 11.3 Å². The first-order valence-electron chi connectivity index (χ1n) is 6.67. The van der Waals surface area contributed by atoms with Crippen LogP contribution in [-0.4, -0.2) is 4.98 Å². The topological polar surface area (TPSA) is 22.1 Å². The highest BCUT2D eigenvalue weighted by Gasteiger charge is 2.42. The van der Waals surface area contributed by atoms with Crippen LogP contribution in [-0.2, 0) is 15.9 Å². The lowest BCUT2D eigenvalue weighted by molar-refractivity contribution is -0.105. The fraction of sp³-hybridized carbons (Fsp3) is 0.353. The molecule has 0 fully saturated rings. The zero-order chi connectivity index (χ0) is 13.7. The van der Waals surface area contributed by atoms with Gasteiger partial charge in [-0.1, -0.05) is 18.2 Å². The monoisotopic (exact) mass is 253 g/mol. The molecule has 2 heteroatoms. The van der Waals surface area contributed by atoms with Gasteiger partial charge in [-0.05, 0) is 57.0 Å². The molecule has 1 aliphatic rings. The Kier molecular flexibility index (Phi) is 2.55. The second kappa shape index (κ2) is 3.91. The Morgan fingerprint density at radius 3 is 2.32 bits per heavy atom. The molecule has 0 spiro atoms. The fourth-order valence-electron chi connectivity index (χ4n) is 3.01. The summed E-state index contributed by atoms with van der Waals surface area (Å²) >= 11 is 0. The SMILES string of the molecule is CC1(C)OC(C)(C)c2cc(-c3ccccn3)ccc21. The first-order chi connectivity index (χ1) is 8.90. The molecule has 2 aromatic rings. The summed E-state index contributed by atoms with van der Waals surface area (Å²) in [4.78, 5) is 4.42. The van der Waals surface area contributed by atoms with E-state index in [-0.39, 0.29) is 11.2 Å². The third-order valence-corrected chi connectivity index (χ3v) is 3.79. The van der Waals surface area contributed by atoms with E-state index >= 15 is 0 Å². The van der Waals surface area contributed by atoms with E-state index in [0.29, 0.717) is 0 Å². The third kappa shape index (κ3) is 1.96. The number of hydrogen-bond acceptors (Lipinski definition) is 2. The number of nitrogens with zero attached hydrogens (tertiary/aromatic N) is 1. The van der Waals surface area contributed by atoms with Gasteiger partial charge in [-0.25, -0.2) is 0 Å². The molecule has 0 saturated heterocycles. The average molecular weight is 253 g/mol. The molecule has 0 aliphatic carbocycles. The summed E-state index contributed by atoms with van der Waals surface area (Å²) in [5, 5.41) is 0. The number of benzene rings is 1. The molecule has 2 nitrogen and oxygen atoms in total. The molecule has 0 radical (unpaired) electrons. The van der Waals surface area contributed by atoms with Gasteiger partial charge in [0.25, 0.3) is 0 Å². The van der Waals surface area contributed by atoms with E-state index < -0.39 is 0 Å². The van der Waals surface area contributed by atoms with Crippen LogP contribution in [0.1, 0.15) is 38.8 Å². The Morgan fingerprint density at radius 1 is 0.895 bits per heavy atom. The highest BCUT2D eigenvalue weighted by Crippen LogP contribution is 2.47. The van der Waals surface area contributed by atoms with Crippen LogP contribution in [0.4, 0.5) is 0 Å². The van der Waals surface area contributed by atoms with Crippen molar-refractivity contribution in [2.75, 3.05) is 0 Å². The van der Waals surface area contributed by atoms with Crippen molar-refractivity contribution in [2.45, 2.75) is 38.9 Å². The molecule has 1 aromatic heterocycles. The van der Waals surface area contributed by atoms with Crippen LogP contribution in [0.25, 0.3) is 11.3 Å². The Morgan fingerprint density at radius 2 is 1.63 bits per heavy atom. The summed E-state index contributed by atoms with van der Waals surface area (Å²) in [6, 6.07) is 12.5. The van der Waals surface area contributed by atoms with Crippen molar-refractivity contribution in [3.63, 3.8) is 0 Å². The van der Waals surface area contributed by atoms with E-state index in [9.17, 15) is 0 Å². The van der Waals surface area contributed by atoms with Crippen LogP contribution < -0.4 is 0 Å². The van der Waals surface area contributed by atoms with Crippen molar-refractivity contribution >= 4 is 0 Å². The van der Waals surface area contributed by atoms with Gasteiger partial charge >= 0.3 is 0 Å². The van der Waals surface area contributed by atoms with Gasteiger partial charge < -0.3 is 4.74 Å². The molecule has 0 atom stereocenters. The summed E-state index contributed by atoms with van der Waals surface area (Å²) in [6.45, 7) is 8.51. The van der Waals surface area contributed by atoms with E-state index in [0.717, 1.165) is 11.3 Å². The average Bonchev–Trinajstić information content (AvgIpc) is 2.56. The number of pyridine rings is 1. The van der Waals surface area contributed by atoms with Crippen molar-refractivity contribution in [3.05, 3.63) is 53.7 Å². The standard InChI is InChI=1S/C17H19NO/c1-16(2)13-9-8-12(15-7-5-6-10-18-15)11-14(13)17(3,4)19-16/h5-11H,1-4H3.